The zero-order valence-corrected chi connectivity index (χ0v) is 11.6. The van der Waals surface area contributed by atoms with Gasteiger partial charge in [-0.2, -0.15) is 0 Å². The van der Waals surface area contributed by atoms with Crippen molar-refractivity contribution >= 4 is 15.9 Å². The van der Waals surface area contributed by atoms with E-state index in [1.807, 2.05) is 13.8 Å². The number of amides is 1. The molecule has 0 aromatic rings. The molecular formula is C10H23N3O3S. The molecule has 0 saturated carbocycles. The van der Waals surface area contributed by atoms with E-state index in [2.05, 4.69) is 15.4 Å². The van der Waals surface area contributed by atoms with Gasteiger partial charge in [0.2, 0.25) is 15.9 Å². The van der Waals surface area contributed by atoms with Gasteiger partial charge in [-0.1, -0.05) is 6.92 Å². The molecule has 1 amide bonds. The Balaban J connectivity index is 3.46. The van der Waals surface area contributed by atoms with E-state index in [1.165, 1.54) is 0 Å². The molecule has 17 heavy (non-hydrogen) atoms. The second-order valence-electron chi connectivity index (χ2n) is 4.06. The number of rotatable bonds is 9. The first kappa shape index (κ1) is 16.3. The van der Waals surface area contributed by atoms with Crippen molar-refractivity contribution in [1.82, 2.24) is 15.4 Å². The molecule has 0 bridgehead atoms. The van der Waals surface area contributed by atoms with Crippen LogP contribution in [-0.2, 0) is 14.8 Å². The summed E-state index contributed by atoms with van der Waals surface area (Å²) in [5.41, 5.74) is 0. The second-order valence-corrected chi connectivity index (χ2v) is 5.89. The Morgan fingerprint density at radius 1 is 1.29 bits per heavy atom. The van der Waals surface area contributed by atoms with Crippen LogP contribution in [0.25, 0.3) is 0 Å². The van der Waals surface area contributed by atoms with E-state index >= 15 is 0 Å². The molecule has 0 aliphatic carbocycles. The Morgan fingerprint density at radius 3 is 2.47 bits per heavy atom. The fourth-order valence-electron chi connectivity index (χ4n) is 1.05. The number of carbonyl (C=O) groups is 1. The summed E-state index contributed by atoms with van der Waals surface area (Å²) in [6.45, 7) is 5.19. The summed E-state index contributed by atoms with van der Waals surface area (Å²) in [5, 5.41) is 5.79. The van der Waals surface area contributed by atoms with Gasteiger partial charge < -0.3 is 10.6 Å². The van der Waals surface area contributed by atoms with E-state index < -0.39 is 10.0 Å². The van der Waals surface area contributed by atoms with Crippen molar-refractivity contribution < 1.29 is 13.2 Å². The number of hydrogen-bond acceptors (Lipinski definition) is 4. The molecule has 7 heteroatoms. The maximum atomic E-state index is 11.3. The third-order valence-electron chi connectivity index (χ3n) is 2.26. The highest BCUT2D eigenvalue weighted by Crippen LogP contribution is 1.86. The zero-order chi connectivity index (χ0) is 13.3. The maximum Gasteiger partial charge on any atom is 0.233 e. The van der Waals surface area contributed by atoms with Crippen LogP contribution in [0.2, 0.25) is 0 Å². The summed E-state index contributed by atoms with van der Waals surface area (Å²) in [4.78, 5) is 11.3. The van der Waals surface area contributed by atoms with Gasteiger partial charge in [-0.25, -0.2) is 13.1 Å². The molecule has 0 aliphatic rings. The van der Waals surface area contributed by atoms with E-state index in [0.717, 1.165) is 12.7 Å². The molecular weight excluding hydrogens is 242 g/mol. The highest BCUT2D eigenvalue weighted by atomic mass is 32.2. The smallest absolute Gasteiger partial charge is 0.233 e. The van der Waals surface area contributed by atoms with Crippen LogP contribution in [0, 0.1) is 0 Å². The predicted molar refractivity (Wildman–Crippen MR) is 68.2 cm³/mol. The van der Waals surface area contributed by atoms with Crippen molar-refractivity contribution in [3.05, 3.63) is 0 Å². The quantitative estimate of drug-likeness (QED) is 0.487. The van der Waals surface area contributed by atoms with Crippen molar-refractivity contribution in [2.75, 3.05) is 25.9 Å². The van der Waals surface area contributed by atoms with Crippen molar-refractivity contribution in [2.45, 2.75) is 32.7 Å². The summed E-state index contributed by atoms with van der Waals surface area (Å²) >= 11 is 0. The molecule has 0 spiro atoms. The van der Waals surface area contributed by atoms with Crippen molar-refractivity contribution in [3.8, 4) is 0 Å². The third-order valence-corrected chi connectivity index (χ3v) is 2.99. The molecule has 0 radical (unpaired) electrons. The van der Waals surface area contributed by atoms with Crippen LogP contribution in [-0.4, -0.2) is 46.3 Å². The lowest BCUT2D eigenvalue weighted by atomic mass is 10.2. The SMILES string of the molecule is CCC(C)NCC(=O)NCCCNS(C)(=O)=O. The second kappa shape index (κ2) is 8.43. The summed E-state index contributed by atoms with van der Waals surface area (Å²) in [5.74, 6) is -0.0651. The lowest BCUT2D eigenvalue weighted by Crippen LogP contribution is -2.38. The van der Waals surface area contributed by atoms with Gasteiger partial charge in [-0.15, -0.1) is 0 Å². The zero-order valence-electron chi connectivity index (χ0n) is 10.7. The first-order valence-electron chi connectivity index (χ1n) is 5.80. The first-order chi connectivity index (χ1) is 7.85. The van der Waals surface area contributed by atoms with Crippen molar-refractivity contribution in [1.29, 1.82) is 0 Å². The summed E-state index contributed by atoms with van der Waals surface area (Å²) in [6, 6.07) is 0.327. The summed E-state index contributed by atoms with van der Waals surface area (Å²) in [6.07, 6.45) is 2.68. The molecule has 1 atom stereocenters. The molecule has 0 aliphatic heterocycles. The molecule has 0 aromatic heterocycles. The topological polar surface area (TPSA) is 87.3 Å². The monoisotopic (exact) mass is 265 g/mol. The van der Waals surface area contributed by atoms with Gasteiger partial charge in [0.25, 0.3) is 0 Å². The van der Waals surface area contributed by atoms with Crippen LogP contribution in [0.5, 0.6) is 0 Å². The molecule has 0 fully saturated rings. The Kier molecular flexibility index (Phi) is 8.11. The molecule has 0 rings (SSSR count). The Morgan fingerprint density at radius 2 is 1.94 bits per heavy atom. The molecule has 3 N–H and O–H groups in total. The largest absolute Gasteiger partial charge is 0.355 e. The summed E-state index contributed by atoms with van der Waals surface area (Å²) in [7, 11) is -3.12. The van der Waals surface area contributed by atoms with E-state index in [9.17, 15) is 13.2 Å². The Hall–Kier alpha value is -0.660. The van der Waals surface area contributed by atoms with Gasteiger partial charge >= 0.3 is 0 Å². The highest BCUT2D eigenvalue weighted by molar-refractivity contribution is 7.88. The van der Waals surface area contributed by atoms with Crippen LogP contribution < -0.4 is 15.4 Å². The number of hydrogen-bond donors (Lipinski definition) is 3. The molecule has 0 aromatic carbocycles. The van der Waals surface area contributed by atoms with Gasteiger partial charge in [0, 0.05) is 19.1 Å². The average Bonchev–Trinajstić information content (AvgIpc) is 2.23. The maximum absolute atomic E-state index is 11.3. The van der Waals surface area contributed by atoms with Crippen LogP contribution in [0.3, 0.4) is 0 Å². The first-order valence-corrected chi connectivity index (χ1v) is 7.69. The summed E-state index contributed by atoms with van der Waals surface area (Å²) < 4.78 is 23.8. The van der Waals surface area contributed by atoms with E-state index in [1.54, 1.807) is 0 Å². The molecule has 1 unspecified atom stereocenters. The normalized spacial score (nSPS) is 13.4. The van der Waals surface area contributed by atoms with Crippen molar-refractivity contribution in [2.24, 2.45) is 0 Å². The third kappa shape index (κ3) is 11.6. The fourth-order valence-corrected chi connectivity index (χ4v) is 1.56. The van der Waals surface area contributed by atoms with E-state index in [4.69, 9.17) is 0 Å². The molecule has 0 saturated heterocycles. The Labute approximate surface area is 104 Å². The fraction of sp³-hybridized carbons (Fsp3) is 0.900. The van der Waals surface area contributed by atoms with E-state index in [-0.39, 0.29) is 5.91 Å². The van der Waals surface area contributed by atoms with E-state index in [0.29, 0.717) is 32.1 Å². The number of sulfonamides is 1. The number of nitrogens with one attached hydrogen (secondary N) is 3. The highest BCUT2D eigenvalue weighted by Gasteiger charge is 2.03. The average molecular weight is 265 g/mol. The van der Waals surface area contributed by atoms with Gasteiger partial charge in [0.15, 0.2) is 0 Å². The molecule has 6 nitrogen and oxygen atoms in total. The van der Waals surface area contributed by atoms with Gasteiger partial charge in [0.1, 0.15) is 0 Å². The minimum Gasteiger partial charge on any atom is -0.355 e. The predicted octanol–water partition coefficient (Wildman–Crippen LogP) is -0.570. The standard InChI is InChI=1S/C10H23N3O3S/c1-4-9(2)12-8-10(14)11-6-5-7-13-17(3,15)16/h9,12-13H,4-8H2,1-3H3,(H,11,14). The Bertz CT molecular complexity index is 317. The van der Waals surface area contributed by atoms with Crippen molar-refractivity contribution in [3.63, 3.8) is 0 Å². The lowest BCUT2D eigenvalue weighted by Gasteiger charge is -2.11. The molecule has 102 valence electrons. The minimum absolute atomic E-state index is 0.0651. The number of carbonyl (C=O) groups excluding carboxylic acids is 1. The van der Waals surface area contributed by atoms with Crippen LogP contribution in [0.1, 0.15) is 26.7 Å². The minimum atomic E-state index is -3.12. The molecule has 0 heterocycles. The van der Waals surface area contributed by atoms with Crippen LogP contribution in [0.15, 0.2) is 0 Å². The van der Waals surface area contributed by atoms with Gasteiger partial charge in [-0.3, -0.25) is 4.79 Å². The van der Waals surface area contributed by atoms with Crippen LogP contribution >= 0.6 is 0 Å². The van der Waals surface area contributed by atoms with Gasteiger partial charge in [-0.05, 0) is 19.8 Å². The van der Waals surface area contributed by atoms with Gasteiger partial charge in [0.05, 0.1) is 12.8 Å². The van der Waals surface area contributed by atoms with Crippen LogP contribution in [0.4, 0.5) is 0 Å². The lowest BCUT2D eigenvalue weighted by molar-refractivity contribution is -0.120.